The minimum absolute atomic E-state index is 0.0479. The maximum atomic E-state index is 16.8. The fraction of sp³-hybridized carbons (Fsp3) is 0.452. The molecule has 6 heterocycles. The third-order valence-corrected chi connectivity index (χ3v) is 10.8. The number of aromatic hydroxyl groups is 1. The van der Waals surface area contributed by atoms with Gasteiger partial charge >= 0.3 is 6.01 Å². The van der Waals surface area contributed by atoms with Crippen LogP contribution in [0.5, 0.6) is 17.6 Å². The Hall–Kier alpha value is -3.38. The van der Waals surface area contributed by atoms with Crippen LogP contribution in [0.15, 0.2) is 12.1 Å². The van der Waals surface area contributed by atoms with Crippen LogP contribution in [0.3, 0.4) is 0 Å². The van der Waals surface area contributed by atoms with Crippen LogP contribution in [0.4, 0.5) is 32.2 Å². The SMILES string of the molecule is Oc1cc(-c2nc3c4c(nc(OC[C@@]56CCCN5C[C@H](F)C6)nc4c2F)N2CCN[C@@H](CI)[C@H]2CO3)c2c(F)c(F)c(F)c(F)c2c1. The van der Waals surface area contributed by atoms with Gasteiger partial charge in [-0.15, -0.1) is 0 Å². The monoisotopic (exact) mass is 772 g/mol. The third kappa shape index (κ3) is 4.75. The number of anilines is 1. The Morgan fingerprint density at radius 3 is 2.64 bits per heavy atom. The number of nitrogens with zero attached hydrogens (tertiary/aromatic N) is 5. The van der Waals surface area contributed by atoms with Crippen LogP contribution in [-0.4, -0.2) is 92.6 Å². The van der Waals surface area contributed by atoms with Crippen molar-refractivity contribution in [1.82, 2.24) is 25.2 Å². The summed E-state index contributed by atoms with van der Waals surface area (Å²) in [6.07, 6.45) is 0.883. The number of phenolic OH excluding ortho intramolecular Hbond substituents is 1. The van der Waals surface area contributed by atoms with E-state index in [1.807, 2.05) is 4.90 Å². The highest BCUT2D eigenvalue weighted by Crippen LogP contribution is 2.45. The number of aromatic nitrogens is 3. The molecule has 0 bridgehead atoms. The summed E-state index contributed by atoms with van der Waals surface area (Å²) in [6, 6.07) is 1.08. The van der Waals surface area contributed by atoms with Gasteiger partial charge in [-0.1, -0.05) is 22.6 Å². The smallest absolute Gasteiger partial charge is 0.319 e. The molecule has 248 valence electrons. The van der Waals surface area contributed by atoms with Gasteiger partial charge in [-0.3, -0.25) is 4.90 Å². The molecule has 0 spiro atoms. The van der Waals surface area contributed by atoms with E-state index in [4.69, 9.17) is 14.5 Å². The van der Waals surface area contributed by atoms with Crippen LogP contribution in [-0.2, 0) is 0 Å². The van der Waals surface area contributed by atoms with E-state index in [0.717, 1.165) is 25.5 Å². The molecule has 0 aliphatic carbocycles. The first-order valence-corrected chi connectivity index (χ1v) is 16.7. The lowest BCUT2D eigenvalue weighted by molar-refractivity contribution is 0.107. The number of nitrogens with one attached hydrogen (secondary N) is 1. The van der Waals surface area contributed by atoms with E-state index in [-0.39, 0.29) is 54.5 Å². The zero-order valence-corrected chi connectivity index (χ0v) is 26.8. The summed E-state index contributed by atoms with van der Waals surface area (Å²) in [5.74, 6) is -9.38. The predicted molar refractivity (Wildman–Crippen MR) is 168 cm³/mol. The number of benzene rings is 2. The van der Waals surface area contributed by atoms with E-state index in [1.54, 1.807) is 0 Å². The van der Waals surface area contributed by atoms with Crippen molar-refractivity contribution in [1.29, 1.82) is 0 Å². The lowest BCUT2D eigenvalue weighted by Crippen LogP contribution is -2.60. The van der Waals surface area contributed by atoms with Crippen LogP contribution in [0.1, 0.15) is 19.3 Å². The highest BCUT2D eigenvalue weighted by molar-refractivity contribution is 14.1. The number of alkyl halides is 2. The summed E-state index contributed by atoms with van der Waals surface area (Å²) in [6.45, 7) is 2.25. The largest absolute Gasteiger partial charge is 0.508 e. The second kappa shape index (κ2) is 11.4. The number of phenols is 1. The molecule has 0 unspecified atom stereocenters. The van der Waals surface area contributed by atoms with Crippen molar-refractivity contribution in [3.05, 3.63) is 41.2 Å². The summed E-state index contributed by atoms with van der Waals surface area (Å²) in [4.78, 5) is 17.5. The van der Waals surface area contributed by atoms with Crippen molar-refractivity contribution in [2.45, 2.75) is 43.1 Å². The lowest BCUT2D eigenvalue weighted by atomic mass is 9.95. The number of ether oxygens (including phenoxy) is 2. The summed E-state index contributed by atoms with van der Waals surface area (Å²) < 4.78 is 103. The van der Waals surface area contributed by atoms with Gasteiger partial charge in [-0.2, -0.15) is 9.97 Å². The molecule has 4 atom stereocenters. The average molecular weight is 772 g/mol. The zero-order chi connectivity index (χ0) is 32.8. The van der Waals surface area contributed by atoms with E-state index < -0.39 is 68.6 Å². The summed E-state index contributed by atoms with van der Waals surface area (Å²) in [7, 11) is 0. The Bertz CT molecular complexity index is 1960. The third-order valence-electron chi connectivity index (χ3n) is 9.81. The van der Waals surface area contributed by atoms with Crippen LogP contribution < -0.4 is 19.7 Å². The van der Waals surface area contributed by atoms with Crippen molar-refractivity contribution in [3.8, 4) is 28.9 Å². The van der Waals surface area contributed by atoms with Gasteiger partial charge in [0, 0.05) is 52.9 Å². The van der Waals surface area contributed by atoms with Crippen molar-refractivity contribution in [2.75, 3.05) is 48.7 Å². The molecule has 0 saturated carbocycles. The lowest BCUT2D eigenvalue weighted by Gasteiger charge is -2.40. The number of halogens is 7. The normalized spacial score (nSPS) is 25.6. The minimum atomic E-state index is -2.10. The summed E-state index contributed by atoms with van der Waals surface area (Å²) >= 11 is 2.25. The molecule has 47 heavy (non-hydrogen) atoms. The Kier molecular flexibility index (Phi) is 7.47. The van der Waals surface area contributed by atoms with E-state index in [0.29, 0.717) is 35.9 Å². The predicted octanol–water partition coefficient (Wildman–Crippen LogP) is 5.18. The highest BCUT2D eigenvalue weighted by atomic mass is 127. The van der Waals surface area contributed by atoms with Crippen molar-refractivity contribution in [3.63, 3.8) is 0 Å². The molecular formula is C31H27F6IN6O3. The second-order valence-electron chi connectivity index (χ2n) is 12.5. The molecule has 8 rings (SSSR count). The number of fused-ring (bicyclic) bond motifs is 4. The van der Waals surface area contributed by atoms with Crippen molar-refractivity contribution >= 4 is 50.1 Å². The molecule has 4 aliphatic rings. The number of pyridine rings is 1. The molecule has 9 nitrogen and oxygen atoms in total. The van der Waals surface area contributed by atoms with E-state index in [1.165, 1.54) is 0 Å². The minimum Gasteiger partial charge on any atom is -0.508 e. The van der Waals surface area contributed by atoms with Gasteiger partial charge in [0.15, 0.2) is 29.1 Å². The zero-order valence-electron chi connectivity index (χ0n) is 24.6. The van der Waals surface area contributed by atoms with Crippen LogP contribution >= 0.6 is 22.6 Å². The van der Waals surface area contributed by atoms with Crippen molar-refractivity contribution in [2.24, 2.45) is 0 Å². The topological polar surface area (TPSA) is 95.9 Å². The van der Waals surface area contributed by atoms with E-state index in [2.05, 4.69) is 42.8 Å². The van der Waals surface area contributed by atoms with E-state index in [9.17, 15) is 22.7 Å². The van der Waals surface area contributed by atoms with Gasteiger partial charge in [-0.05, 0) is 31.5 Å². The van der Waals surface area contributed by atoms with Crippen molar-refractivity contribution < 1.29 is 40.9 Å². The molecule has 16 heteroatoms. The van der Waals surface area contributed by atoms with Crippen LogP contribution in [0, 0.1) is 29.1 Å². The molecule has 2 aromatic carbocycles. The number of rotatable bonds is 5. The molecule has 2 aromatic heterocycles. The number of piperazine rings is 1. The fourth-order valence-corrected chi connectivity index (χ4v) is 8.53. The average Bonchev–Trinajstić information content (AvgIpc) is 3.54. The fourth-order valence-electron chi connectivity index (χ4n) is 7.63. The van der Waals surface area contributed by atoms with Gasteiger partial charge < -0.3 is 24.8 Å². The second-order valence-corrected chi connectivity index (χ2v) is 13.3. The molecular weight excluding hydrogens is 745 g/mol. The quantitative estimate of drug-likeness (QED) is 0.0937. The maximum absolute atomic E-state index is 16.8. The molecule has 2 N–H and O–H groups in total. The molecule has 0 amide bonds. The van der Waals surface area contributed by atoms with E-state index >= 15 is 8.78 Å². The maximum Gasteiger partial charge on any atom is 0.319 e. The first-order chi connectivity index (χ1) is 22.6. The van der Waals surface area contributed by atoms with Crippen LogP contribution in [0.2, 0.25) is 0 Å². The summed E-state index contributed by atoms with van der Waals surface area (Å²) in [5, 5.41) is 12.3. The van der Waals surface area contributed by atoms with Gasteiger partial charge in [0.05, 0.1) is 11.6 Å². The Labute approximate surface area is 277 Å². The molecule has 4 aliphatic heterocycles. The van der Waals surface area contributed by atoms with Gasteiger partial charge in [0.2, 0.25) is 5.88 Å². The first kappa shape index (κ1) is 30.9. The Balaban J connectivity index is 1.34. The van der Waals surface area contributed by atoms with Crippen LogP contribution in [0.25, 0.3) is 32.9 Å². The molecule has 4 aromatic rings. The standard InChI is InChI=1S/C31H27F6IN6O3/c32-13-8-31(2-1-4-43(31)10-13)12-47-30-41-27-20-28(42-30)44-5-3-39-17(9-38)18(44)11-46-29(20)40-26(25(27)37)16-7-14(45)6-15-19(16)22(34)24(36)23(35)21(15)33/h6-7,13,17-18,39,45H,1-5,8-12H2/t13-,17+,18-,31+/m1/s1. The molecule has 3 saturated heterocycles. The molecule has 3 fully saturated rings. The molecule has 0 radical (unpaired) electrons. The van der Waals surface area contributed by atoms with Gasteiger partial charge in [0.25, 0.3) is 0 Å². The van der Waals surface area contributed by atoms with Gasteiger partial charge in [0.1, 0.15) is 47.5 Å². The highest BCUT2D eigenvalue weighted by Gasteiger charge is 2.49. The Morgan fingerprint density at radius 1 is 1.02 bits per heavy atom. The number of hydrogen-bond acceptors (Lipinski definition) is 9. The van der Waals surface area contributed by atoms with Gasteiger partial charge in [-0.25, -0.2) is 31.3 Å². The number of hydrogen-bond donors (Lipinski definition) is 2. The Morgan fingerprint density at radius 2 is 1.83 bits per heavy atom. The first-order valence-electron chi connectivity index (χ1n) is 15.2. The summed E-state index contributed by atoms with van der Waals surface area (Å²) in [5.41, 5.74) is -2.07.